The molecule has 0 atom stereocenters. The molecule has 0 aliphatic carbocycles. The lowest BCUT2D eigenvalue weighted by atomic mass is 10.2. The van der Waals surface area contributed by atoms with Gasteiger partial charge >= 0.3 is 0 Å². The minimum absolute atomic E-state index is 0.00597. The Morgan fingerprint density at radius 1 is 1.06 bits per heavy atom. The standard InChI is InChI=1S/C24H21N5O2S2/c30-22(28-10-12-29(13-11-28)24-25-8-3-9-26-24)7-6-17-14-18(32-16-17)15-21-23(31)27-19-4-1-2-5-20(19)33-21/h1-9,14-16H,10-13H2,(H,27,31)/b7-6+,21-15?. The molecule has 1 N–H and O–H groups in total. The fourth-order valence-corrected chi connectivity index (χ4v) is 5.44. The van der Waals surface area contributed by atoms with Gasteiger partial charge in [-0.1, -0.05) is 23.9 Å². The van der Waals surface area contributed by atoms with Crippen LogP contribution >= 0.6 is 23.1 Å². The van der Waals surface area contributed by atoms with Gasteiger partial charge in [0.05, 0.1) is 10.6 Å². The number of hydrogen-bond donors (Lipinski definition) is 1. The molecule has 2 aliphatic rings. The number of fused-ring (bicyclic) bond motifs is 1. The zero-order valence-corrected chi connectivity index (χ0v) is 19.3. The first-order valence-electron chi connectivity index (χ1n) is 10.5. The number of hydrogen-bond acceptors (Lipinski definition) is 7. The lowest BCUT2D eigenvalue weighted by molar-refractivity contribution is -0.126. The van der Waals surface area contributed by atoms with Gasteiger partial charge in [0.25, 0.3) is 5.91 Å². The molecule has 1 fully saturated rings. The summed E-state index contributed by atoms with van der Waals surface area (Å²) in [5, 5.41) is 4.91. The molecular weight excluding hydrogens is 454 g/mol. The predicted octanol–water partition coefficient (Wildman–Crippen LogP) is 3.99. The Morgan fingerprint density at radius 3 is 2.67 bits per heavy atom. The van der Waals surface area contributed by atoms with Crippen LogP contribution in [0.25, 0.3) is 12.2 Å². The van der Waals surface area contributed by atoms with Gasteiger partial charge in [-0.3, -0.25) is 9.59 Å². The van der Waals surface area contributed by atoms with Crippen molar-refractivity contribution in [3.8, 4) is 0 Å². The number of nitrogens with one attached hydrogen (secondary N) is 1. The molecule has 2 aromatic heterocycles. The SMILES string of the molecule is O=C1Nc2ccccc2SC1=Cc1cc(/C=C/C(=O)N2CCN(c3ncccn3)CC2)cs1. The molecule has 0 saturated carbocycles. The van der Waals surface area contributed by atoms with E-state index in [0.29, 0.717) is 37.0 Å². The van der Waals surface area contributed by atoms with Gasteiger partial charge in [0.1, 0.15) is 0 Å². The van der Waals surface area contributed by atoms with Gasteiger partial charge in [-0.2, -0.15) is 0 Å². The Bertz CT molecular complexity index is 1230. The first-order valence-corrected chi connectivity index (χ1v) is 12.2. The van der Waals surface area contributed by atoms with Crippen LogP contribution < -0.4 is 10.2 Å². The first-order chi connectivity index (χ1) is 16.2. The summed E-state index contributed by atoms with van der Waals surface area (Å²) in [5.74, 6) is 0.598. The van der Waals surface area contributed by atoms with Crippen LogP contribution in [0.1, 0.15) is 10.4 Å². The minimum Gasteiger partial charge on any atom is -0.337 e. The van der Waals surface area contributed by atoms with Crippen molar-refractivity contribution in [3.63, 3.8) is 0 Å². The van der Waals surface area contributed by atoms with Crippen molar-refractivity contribution < 1.29 is 9.59 Å². The number of aromatic nitrogens is 2. The maximum absolute atomic E-state index is 12.6. The summed E-state index contributed by atoms with van der Waals surface area (Å²) in [4.78, 5) is 40.2. The summed E-state index contributed by atoms with van der Waals surface area (Å²) < 4.78 is 0. The highest BCUT2D eigenvalue weighted by molar-refractivity contribution is 8.04. The molecule has 2 aliphatic heterocycles. The third kappa shape index (κ3) is 4.99. The van der Waals surface area contributed by atoms with Crippen molar-refractivity contribution in [2.24, 2.45) is 0 Å². The number of piperazine rings is 1. The Labute approximate surface area is 199 Å². The molecule has 3 aromatic rings. The molecule has 33 heavy (non-hydrogen) atoms. The van der Waals surface area contributed by atoms with E-state index in [1.165, 1.54) is 11.8 Å². The van der Waals surface area contributed by atoms with Crippen LogP contribution in [0, 0.1) is 0 Å². The fourth-order valence-electron chi connectivity index (χ4n) is 3.62. The molecule has 0 bridgehead atoms. The van der Waals surface area contributed by atoms with E-state index in [0.717, 1.165) is 21.0 Å². The van der Waals surface area contributed by atoms with Crippen LogP contribution in [-0.2, 0) is 9.59 Å². The van der Waals surface area contributed by atoms with E-state index in [9.17, 15) is 9.59 Å². The zero-order chi connectivity index (χ0) is 22.6. The van der Waals surface area contributed by atoms with Crippen LogP contribution in [0.4, 0.5) is 11.6 Å². The largest absolute Gasteiger partial charge is 0.337 e. The summed E-state index contributed by atoms with van der Waals surface area (Å²) in [7, 11) is 0. The lowest BCUT2D eigenvalue weighted by Gasteiger charge is -2.34. The average molecular weight is 476 g/mol. The monoisotopic (exact) mass is 475 g/mol. The second-order valence-corrected chi connectivity index (χ2v) is 9.56. The number of rotatable bonds is 4. The van der Waals surface area contributed by atoms with Crippen molar-refractivity contribution in [2.75, 3.05) is 36.4 Å². The molecule has 0 radical (unpaired) electrons. The minimum atomic E-state index is -0.0978. The van der Waals surface area contributed by atoms with Gasteiger partial charge in [0, 0.05) is 54.4 Å². The number of carbonyl (C=O) groups excluding carboxylic acids is 2. The first kappa shape index (κ1) is 21.4. The van der Waals surface area contributed by atoms with Crippen LogP contribution in [0.15, 0.2) is 70.0 Å². The summed E-state index contributed by atoms with van der Waals surface area (Å²) in [6.07, 6.45) is 8.80. The lowest BCUT2D eigenvalue weighted by Crippen LogP contribution is -2.48. The predicted molar refractivity (Wildman–Crippen MR) is 133 cm³/mol. The maximum Gasteiger partial charge on any atom is 0.262 e. The van der Waals surface area contributed by atoms with Crippen molar-refractivity contribution in [1.82, 2.24) is 14.9 Å². The van der Waals surface area contributed by atoms with Crippen molar-refractivity contribution in [2.45, 2.75) is 4.90 Å². The van der Waals surface area contributed by atoms with Crippen molar-refractivity contribution in [3.05, 3.63) is 75.6 Å². The van der Waals surface area contributed by atoms with E-state index in [1.54, 1.807) is 35.9 Å². The van der Waals surface area contributed by atoms with Gasteiger partial charge in [0.2, 0.25) is 11.9 Å². The molecule has 0 unspecified atom stereocenters. The third-order valence-electron chi connectivity index (χ3n) is 5.34. The summed E-state index contributed by atoms with van der Waals surface area (Å²) in [6, 6.07) is 11.5. The van der Waals surface area contributed by atoms with Crippen molar-refractivity contribution in [1.29, 1.82) is 0 Å². The highest BCUT2D eigenvalue weighted by Gasteiger charge is 2.22. The van der Waals surface area contributed by atoms with E-state index in [4.69, 9.17) is 0 Å². The second kappa shape index (κ2) is 9.60. The van der Waals surface area contributed by atoms with Crippen molar-refractivity contribution >= 4 is 58.7 Å². The van der Waals surface area contributed by atoms with Gasteiger partial charge in [-0.15, -0.1) is 11.3 Å². The number of benzene rings is 1. The van der Waals surface area contributed by atoms with E-state index in [1.807, 2.05) is 52.8 Å². The Morgan fingerprint density at radius 2 is 1.85 bits per heavy atom. The molecule has 5 rings (SSSR count). The number of thioether (sulfide) groups is 1. The Hall–Kier alpha value is -3.43. The van der Waals surface area contributed by atoms with Crippen LogP contribution in [-0.4, -0.2) is 52.9 Å². The Kier molecular flexibility index (Phi) is 6.23. The molecule has 1 saturated heterocycles. The third-order valence-corrected chi connectivity index (χ3v) is 7.33. The van der Waals surface area contributed by atoms with E-state index >= 15 is 0 Å². The molecule has 7 nitrogen and oxygen atoms in total. The number of thiophene rings is 1. The van der Waals surface area contributed by atoms with Gasteiger partial charge in [0.15, 0.2) is 0 Å². The second-order valence-electron chi connectivity index (χ2n) is 7.54. The molecule has 2 amide bonds. The van der Waals surface area contributed by atoms with Gasteiger partial charge < -0.3 is 15.1 Å². The molecule has 9 heteroatoms. The summed E-state index contributed by atoms with van der Waals surface area (Å²) in [5.41, 5.74) is 1.79. The zero-order valence-electron chi connectivity index (χ0n) is 17.7. The number of amides is 2. The number of para-hydroxylation sites is 1. The summed E-state index contributed by atoms with van der Waals surface area (Å²) >= 11 is 3.01. The molecule has 1 aromatic carbocycles. The molecular formula is C24H21N5O2S2. The Balaban J connectivity index is 1.19. The smallest absolute Gasteiger partial charge is 0.262 e. The number of carbonyl (C=O) groups is 2. The van der Waals surface area contributed by atoms with Crippen LogP contribution in [0.5, 0.6) is 0 Å². The number of nitrogens with zero attached hydrogens (tertiary/aromatic N) is 4. The normalized spacial score (nSPS) is 17.3. The molecule has 4 heterocycles. The summed E-state index contributed by atoms with van der Waals surface area (Å²) in [6.45, 7) is 2.69. The fraction of sp³-hybridized carbons (Fsp3) is 0.167. The quantitative estimate of drug-likeness (QED) is 0.575. The number of anilines is 2. The van der Waals surface area contributed by atoms with E-state index in [-0.39, 0.29) is 11.8 Å². The average Bonchev–Trinajstić information content (AvgIpc) is 3.31. The van der Waals surface area contributed by atoms with Crippen LogP contribution in [0.2, 0.25) is 0 Å². The highest BCUT2D eigenvalue weighted by Crippen LogP contribution is 2.39. The van der Waals surface area contributed by atoms with Gasteiger partial charge in [-0.05, 0) is 47.4 Å². The molecule has 166 valence electrons. The maximum atomic E-state index is 12.6. The van der Waals surface area contributed by atoms with E-state index in [2.05, 4.69) is 20.2 Å². The van der Waals surface area contributed by atoms with Crippen LogP contribution in [0.3, 0.4) is 0 Å². The molecule has 0 spiro atoms. The topological polar surface area (TPSA) is 78.4 Å². The van der Waals surface area contributed by atoms with E-state index < -0.39 is 0 Å². The van der Waals surface area contributed by atoms with Gasteiger partial charge in [-0.25, -0.2) is 9.97 Å². The highest BCUT2D eigenvalue weighted by atomic mass is 32.2.